The molecule has 23 nitrogen and oxygen atoms in total. The minimum atomic E-state index is -5.62. The maximum absolute atomic E-state index is 14.0. The molecule has 2 heterocycles. The van der Waals surface area contributed by atoms with Gasteiger partial charge in [0.05, 0.1) is 19.8 Å². The van der Waals surface area contributed by atoms with E-state index in [0.717, 1.165) is 57.8 Å². The van der Waals surface area contributed by atoms with Crippen LogP contribution in [0.1, 0.15) is 181 Å². The number of hydrogen-bond donors (Lipinski definition) is 12. The Morgan fingerprint density at radius 1 is 0.453 bits per heavy atom. The lowest BCUT2D eigenvalue weighted by atomic mass is 9.84. The first-order valence-electron chi connectivity index (χ1n) is 27.9. The normalized spacial score (nSPS) is 32.5. The van der Waals surface area contributed by atoms with Crippen LogP contribution < -0.4 is 0 Å². The van der Waals surface area contributed by atoms with Crippen LogP contribution >= 0.6 is 7.82 Å². The third-order valence-corrected chi connectivity index (χ3v) is 15.2. The summed E-state index contributed by atoms with van der Waals surface area (Å²) >= 11 is 0. The summed E-state index contributed by atoms with van der Waals surface area (Å²) in [6.07, 6.45) is -8.87. The van der Waals surface area contributed by atoms with Crippen LogP contribution in [0.4, 0.5) is 0 Å². The highest BCUT2D eigenvalue weighted by molar-refractivity contribution is 7.47. The van der Waals surface area contributed by atoms with Crippen molar-refractivity contribution >= 4 is 19.8 Å². The molecule has 12 N–H and O–H groups in total. The number of rotatable bonds is 40. The number of carbonyl (C=O) groups excluding carboxylic acids is 2. The Morgan fingerprint density at radius 3 is 1.17 bits per heavy atom. The van der Waals surface area contributed by atoms with E-state index in [1.807, 2.05) is 0 Å². The SMILES string of the molecule is CCCCCCCCCCCCCCCC(=O)OC(COC(=O)CCCCCCCCCCCCC)COP(=O)(O)OC1C(OC2OC(CO)C(O)C(O)C2O)C(O)C(O)C(O)C1OC1OC(CO)C(O)C(O)C1O. The summed E-state index contributed by atoms with van der Waals surface area (Å²) < 4.78 is 58.0. The molecule has 3 aliphatic rings. The number of phosphoric ester groups is 1. The molecule has 0 aromatic carbocycles. The number of phosphoric acid groups is 1. The average molecular weight is 1110 g/mol. The molecule has 0 radical (unpaired) electrons. The van der Waals surface area contributed by atoms with E-state index in [9.17, 15) is 75.2 Å². The van der Waals surface area contributed by atoms with E-state index in [2.05, 4.69) is 13.8 Å². The maximum Gasteiger partial charge on any atom is 0.472 e. The van der Waals surface area contributed by atoms with Gasteiger partial charge in [-0.25, -0.2) is 4.57 Å². The Bertz CT molecular complexity index is 1510. The number of carbonyl (C=O) groups is 2. The Balaban J connectivity index is 1.74. The van der Waals surface area contributed by atoms with Crippen molar-refractivity contribution in [3.8, 4) is 0 Å². The van der Waals surface area contributed by atoms with E-state index in [1.54, 1.807) is 0 Å². The van der Waals surface area contributed by atoms with Gasteiger partial charge in [-0.1, -0.05) is 155 Å². The molecule has 16 atom stereocenters. The zero-order valence-corrected chi connectivity index (χ0v) is 45.2. The largest absolute Gasteiger partial charge is 0.472 e. The fourth-order valence-electron chi connectivity index (χ4n) is 9.47. The van der Waals surface area contributed by atoms with Gasteiger partial charge < -0.3 is 89.5 Å². The molecule has 2 aliphatic heterocycles. The fourth-order valence-corrected chi connectivity index (χ4v) is 10.4. The molecule has 3 rings (SSSR count). The minimum Gasteiger partial charge on any atom is -0.462 e. The Hall–Kier alpha value is -1.55. The van der Waals surface area contributed by atoms with E-state index in [-0.39, 0.29) is 12.8 Å². The molecule has 24 heteroatoms. The van der Waals surface area contributed by atoms with Crippen LogP contribution in [0.25, 0.3) is 0 Å². The van der Waals surface area contributed by atoms with Crippen molar-refractivity contribution in [2.75, 3.05) is 26.4 Å². The van der Waals surface area contributed by atoms with Gasteiger partial charge in [-0.3, -0.25) is 18.6 Å². The van der Waals surface area contributed by atoms with Gasteiger partial charge in [0, 0.05) is 12.8 Å². The molecule has 0 spiro atoms. The predicted molar refractivity (Wildman–Crippen MR) is 268 cm³/mol. The average Bonchev–Trinajstić information content (AvgIpc) is 3.39. The van der Waals surface area contributed by atoms with Gasteiger partial charge >= 0.3 is 19.8 Å². The van der Waals surface area contributed by atoms with Crippen LogP contribution in [-0.2, 0) is 51.6 Å². The summed E-state index contributed by atoms with van der Waals surface area (Å²) in [5.41, 5.74) is 0. The second kappa shape index (κ2) is 37.4. The molecule has 2 saturated heterocycles. The van der Waals surface area contributed by atoms with Gasteiger partial charge in [0.15, 0.2) is 18.7 Å². The highest BCUT2D eigenvalue weighted by Gasteiger charge is 2.58. The minimum absolute atomic E-state index is 0.0254. The van der Waals surface area contributed by atoms with Crippen LogP contribution in [0.5, 0.6) is 0 Å². The topological polar surface area (TPSA) is 368 Å². The Labute approximate surface area is 442 Å². The zero-order chi connectivity index (χ0) is 55.3. The summed E-state index contributed by atoms with van der Waals surface area (Å²) in [5, 5.41) is 116. The summed E-state index contributed by atoms with van der Waals surface area (Å²) in [6.45, 7) is 0.983. The van der Waals surface area contributed by atoms with E-state index in [1.165, 1.54) is 83.5 Å². The van der Waals surface area contributed by atoms with Crippen molar-refractivity contribution in [1.82, 2.24) is 0 Å². The number of unbranched alkanes of at least 4 members (excludes halogenated alkanes) is 22. The Kier molecular flexibility index (Phi) is 33.8. The molecule has 0 amide bonds. The quantitative estimate of drug-likeness (QED) is 0.0238. The molecule has 1 saturated carbocycles. The van der Waals surface area contributed by atoms with Crippen molar-refractivity contribution in [2.45, 2.75) is 285 Å². The van der Waals surface area contributed by atoms with Gasteiger partial charge in [-0.15, -0.1) is 0 Å². The lowest BCUT2D eigenvalue weighted by Crippen LogP contribution is -2.69. The van der Waals surface area contributed by atoms with E-state index < -0.39 is 150 Å². The van der Waals surface area contributed by atoms with E-state index >= 15 is 0 Å². The highest BCUT2D eigenvalue weighted by atomic mass is 31.2. The lowest BCUT2D eigenvalue weighted by molar-refractivity contribution is -0.360. The van der Waals surface area contributed by atoms with E-state index in [0.29, 0.717) is 12.8 Å². The lowest BCUT2D eigenvalue weighted by Gasteiger charge is -2.49. The Morgan fingerprint density at radius 2 is 0.800 bits per heavy atom. The highest BCUT2D eigenvalue weighted by Crippen LogP contribution is 2.49. The number of hydrogen-bond acceptors (Lipinski definition) is 22. The van der Waals surface area contributed by atoms with Crippen LogP contribution in [-0.4, -0.2) is 204 Å². The predicted octanol–water partition coefficient (Wildman–Crippen LogP) is 2.59. The van der Waals surface area contributed by atoms with Crippen LogP contribution in [0.15, 0.2) is 0 Å². The zero-order valence-electron chi connectivity index (χ0n) is 44.3. The first kappa shape index (κ1) is 67.7. The van der Waals surface area contributed by atoms with Crippen molar-refractivity contribution in [1.29, 1.82) is 0 Å². The van der Waals surface area contributed by atoms with Gasteiger partial charge in [-0.2, -0.15) is 0 Å². The van der Waals surface area contributed by atoms with Gasteiger partial charge in [0.1, 0.15) is 92.1 Å². The van der Waals surface area contributed by atoms with Crippen LogP contribution in [0, 0.1) is 0 Å². The molecule has 442 valence electrons. The van der Waals surface area contributed by atoms with Crippen molar-refractivity contribution in [2.24, 2.45) is 0 Å². The fraction of sp³-hybridized carbons (Fsp3) is 0.961. The van der Waals surface area contributed by atoms with Crippen LogP contribution in [0.2, 0.25) is 0 Å². The van der Waals surface area contributed by atoms with Gasteiger partial charge in [-0.05, 0) is 12.8 Å². The van der Waals surface area contributed by atoms with Crippen molar-refractivity contribution in [3.63, 3.8) is 0 Å². The first-order chi connectivity index (χ1) is 35.9. The summed E-state index contributed by atoms with van der Waals surface area (Å²) in [6, 6.07) is 0. The van der Waals surface area contributed by atoms with Gasteiger partial charge in [0.2, 0.25) is 0 Å². The molecule has 16 unspecified atom stereocenters. The van der Waals surface area contributed by atoms with Crippen molar-refractivity contribution < 1.29 is 113 Å². The second-order valence-corrected chi connectivity index (χ2v) is 21.9. The molecule has 0 aromatic heterocycles. The number of esters is 2. The number of ether oxygens (including phenoxy) is 6. The van der Waals surface area contributed by atoms with Crippen LogP contribution in [0.3, 0.4) is 0 Å². The summed E-state index contributed by atoms with van der Waals surface area (Å²) in [4.78, 5) is 37.3. The van der Waals surface area contributed by atoms with E-state index in [4.69, 9.17) is 37.5 Å². The molecular formula is C51H95O23P. The smallest absolute Gasteiger partial charge is 0.462 e. The molecule has 1 aliphatic carbocycles. The summed E-state index contributed by atoms with van der Waals surface area (Å²) in [5.74, 6) is -1.33. The molecule has 3 fully saturated rings. The van der Waals surface area contributed by atoms with Crippen molar-refractivity contribution in [3.05, 3.63) is 0 Å². The maximum atomic E-state index is 14.0. The monoisotopic (exact) mass is 1110 g/mol. The first-order valence-corrected chi connectivity index (χ1v) is 29.4. The molecule has 0 bridgehead atoms. The molecule has 75 heavy (non-hydrogen) atoms. The van der Waals surface area contributed by atoms with Gasteiger partial charge in [0.25, 0.3) is 0 Å². The second-order valence-electron chi connectivity index (χ2n) is 20.5. The summed E-state index contributed by atoms with van der Waals surface area (Å²) in [7, 11) is -5.62. The third-order valence-electron chi connectivity index (χ3n) is 14.2. The molecular weight excluding hydrogens is 1010 g/mol. The third kappa shape index (κ3) is 24.0. The number of aliphatic hydroxyl groups excluding tert-OH is 11. The molecule has 0 aromatic rings. The number of aliphatic hydroxyl groups is 11. The standard InChI is InChI=1S/C51H95O23P/c1-3-5-7-9-11-13-15-16-18-20-22-24-26-28-37(55)69-33(31-67-36(54)27-25-23-21-19-17-14-12-10-8-6-4-2)32-68-75(65,66)74-49-47(72-50-45(63)40(58)38(56)34(29-52)70-50)43(61)42(60)44(62)48(49)73-51-46(64)41(59)39(57)35(30-53)71-51/h33-35,38-53,56-64H,3-32H2,1-2H3,(H,65,66).